The number of benzene rings is 1. The minimum absolute atomic E-state index is 0.0265. The van der Waals surface area contributed by atoms with E-state index in [4.69, 9.17) is 4.74 Å². The molecule has 0 bridgehead atoms. The van der Waals surface area contributed by atoms with Crippen LogP contribution in [0.15, 0.2) is 30.5 Å². The first kappa shape index (κ1) is 14.3. The Balaban J connectivity index is 1.98. The van der Waals surface area contributed by atoms with E-state index in [2.05, 4.69) is 17.2 Å². The highest BCUT2D eigenvalue weighted by molar-refractivity contribution is 7.15. The lowest BCUT2D eigenvalue weighted by atomic mass is 10.3. The molecule has 106 valence electrons. The number of anilines is 1. The first-order valence-corrected chi connectivity index (χ1v) is 7.07. The van der Waals surface area contributed by atoms with Crippen LogP contribution in [0.25, 0.3) is 0 Å². The Hall–Kier alpha value is -2.15. The third-order valence-corrected chi connectivity index (χ3v) is 3.44. The van der Waals surface area contributed by atoms with Crippen LogP contribution in [0.4, 0.5) is 10.8 Å². The van der Waals surface area contributed by atoms with Crippen molar-refractivity contribution < 1.29 is 9.66 Å². The lowest BCUT2D eigenvalue weighted by Crippen LogP contribution is -1.98. The SMILES string of the molecule is CCCNc1ncc(COc2ccccc2[N+](=O)[O-])s1. The molecule has 1 aromatic carbocycles. The third-order valence-electron chi connectivity index (χ3n) is 2.51. The molecule has 0 aliphatic carbocycles. The molecule has 0 spiro atoms. The average molecular weight is 293 g/mol. The van der Waals surface area contributed by atoms with Gasteiger partial charge in [-0.3, -0.25) is 10.1 Å². The number of nitrogens with zero attached hydrogens (tertiary/aromatic N) is 2. The molecule has 0 aliphatic heterocycles. The summed E-state index contributed by atoms with van der Waals surface area (Å²) in [7, 11) is 0. The van der Waals surface area contributed by atoms with Gasteiger partial charge in [0.05, 0.1) is 9.80 Å². The second-order valence-corrected chi connectivity index (χ2v) is 5.19. The van der Waals surface area contributed by atoms with E-state index in [1.165, 1.54) is 17.4 Å². The Kier molecular flexibility index (Phi) is 4.89. The molecule has 0 radical (unpaired) electrons. The maximum atomic E-state index is 10.9. The molecule has 2 aromatic rings. The van der Waals surface area contributed by atoms with E-state index in [9.17, 15) is 10.1 Å². The van der Waals surface area contributed by atoms with E-state index in [-0.39, 0.29) is 18.0 Å². The van der Waals surface area contributed by atoms with Crippen molar-refractivity contribution in [3.8, 4) is 5.75 Å². The minimum atomic E-state index is -0.448. The zero-order chi connectivity index (χ0) is 14.4. The van der Waals surface area contributed by atoms with Crippen molar-refractivity contribution in [2.75, 3.05) is 11.9 Å². The number of nitro benzene ring substituents is 1. The Morgan fingerprint density at radius 1 is 1.45 bits per heavy atom. The number of nitrogens with one attached hydrogen (secondary N) is 1. The van der Waals surface area contributed by atoms with E-state index in [0.29, 0.717) is 0 Å². The van der Waals surface area contributed by atoms with Crippen LogP contribution in [0.1, 0.15) is 18.2 Å². The molecule has 7 heteroatoms. The summed E-state index contributed by atoms with van der Waals surface area (Å²) < 4.78 is 5.50. The van der Waals surface area contributed by atoms with Gasteiger partial charge in [-0.25, -0.2) is 4.98 Å². The van der Waals surface area contributed by atoms with Gasteiger partial charge in [-0.05, 0) is 12.5 Å². The molecule has 0 saturated carbocycles. The van der Waals surface area contributed by atoms with Gasteiger partial charge in [0.15, 0.2) is 10.9 Å². The van der Waals surface area contributed by atoms with Crippen LogP contribution in [-0.2, 0) is 6.61 Å². The number of hydrogen-bond acceptors (Lipinski definition) is 6. The molecular weight excluding hydrogens is 278 g/mol. The molecule has 0 aliphatic rings. The molecule has 0 amide bonds. The normalized spacial score (nSPS) is 10.2. The van der Waals surface area contributed by atoms with Crippen LogP contribution in [0, 0.1) is 10.1 Å². The van der Waals surface area contributed by atoms with Crippen LogP contribution in [0.5, 0.6) is 5.75 Å². The summed E-state index contributed by atoms with van der Waals surface area (Å²) in [6.07, 6.45) is 2.75. The molecule has 1 aromatic heterocycles. The highest BCUT2D eigenvalue weighted by Crippen LogP contribution is 2.27. The molecule has 2 rings (SSSR count). The van der Waals surface area contributed by atoms with E-state index in [1.807, 2.05) is 0 Å². The number of hydrogen-bond donors (Lipinski definition) is 1. The van der Waals surface area contributed by atoms with Gasteiger partial charge in [0, 0.05) is 18.8 Å². The average Bonchev–Trinajstić information content (AvgIpc) is 2.91. The predicted molar refractivity (Wildman–Crippen MR) is 78.3 cm³/mol. The first-order valence-electron chi connectivity index (χ1n) is 6.25. The molecular formula is C13H15N3O3S. The predicted octanol–water partition coefficient (Wildman–Crippen LogP) is 3.45. The van der Waals surface area contributed by atoms with Gasteiger partial charge in [0.1, 0.15) is 6.61 Å². The van der Waals surface area contributed by atoms with Gasteiger partial charge >= 0.3 is 5.69 Å². The molecule has 0 saturated heterocycles. The highest BCUT2D eigenvalue weighted by Gasteiger charge is 2.14. The summed E-state index contributed by atoms with van der Waals surface area (Å²) in [5.41, 5.74) is -0.0265. The van der Waals surface area contributed by atoms with E-state index in [0.717, 1.165) is 23.0 Å². The van der Waals surface area contributed by atoms with Crippen molar-refractivity contribution in [2.24, 2.45) is 0 Å². The molecule has 6 nitrogen and oxygen atoms in total. The lowest BCUT2D eigenvalue weighted by molar-refractivity contribution is -0.385. The number of thiazole rings is 1. The van der Waals surface area contributed by atoms with Crippen molar-refractivity contribution >= 4 is 22.2 Å². The van der Waals surface area contributed by atoms with Gasteiger partial charge in [0.25, 0.3) is 0 Å². The quantitative estimate of drug-likeness (QED) is 0.625. The number of rotatable bonds is 7. The summed E-state index contributed by atoms with van der Waals surface area (Å²) in [5, 5.41) is 14.9. The summed E-state index contributed by atoms with van der Waals surface area (Å²) in [6, 6.07) is 6.35. The van der Waals surface area contributed by atoms with Crippen molar-refractivity contribution in [1.29, 1.82) is 0 Å². The minimum Gasteiger partial charge on any atom is -0.481 e. The van der Waals surface area contributed by atoms with E-state index >= 15 is 0 Å². The molecule has 1 N–H and O–H groups in total. The largest absolute Gasteiger partial charge is 0.481 e. The van der Waals surface area contributed by atoms with Crippen molar-refractivity contribution in [1.82, 2.24) is 4.98 Å². The zero-order valence-corrected chi connectivity index (χ0v) is 11.9. The van der Waals surface area contributed by atoms with Crippen molar-refractivity contribution in [2.45, 2.75) is 20.0 Å². The fourth-order valence-electron chi connectivity index (χ4n) is 1.57. The van der Waals surface area contributed by atoms with Crippen molar-refractivity contribution in [3.63, 3.8) is 0 Å². The molecule has 1 heterocycles. The Labute approximate surface area is 120 Å². The second-order valence-electron chi connectivity index (χ2n) is 4.07. The van der Waals surface area contributed by atoms with Gasteiger partial charge in [-0.15, -0.1) is 0 Å². The smallest absolute Gasteiger partial charge is 0.310 e. The van der Waals surface area contributed by atoms with Crippen LogP contribution in [0.3, 0.4) is 0 Å². The number of aromatic nitrogens is 1. The second kappa shape index (κ2) is 6.85. The van der Waals surface area contributed by atoms with Gasteiger partial charge in [-0.1, -0.05) is 30.4 Å². The van der Waals surface area contributed by atoms with Gasteiger partial charge in [0.2, 0.25) is 0 Å². The fraction of sp³-hybridized carbons (Fsp3) is 0.308. The van der Waals surface area contributed by atoms with Gasteiger partial charge in [-0.2, -0.15) is 0 Å². The highest BCUT2D eigenvalue weighted by atomic mass is 32.1. The Morgan fingerprint density at radius 2 is 2.25 bits per heavy atom. The molecule has 20 heavy (non-hydrogen) atoms. The zero-order valence-electron chi connectivity index (χ0n) is 11.0. The topological polar surface area (TPSA) is 77.3 Å². The van der Waals surface area contributed by atoms with E-state index in [1.54, 1.807) is 24.4 Å². The maximum Gasteiger partial charge on any atom is 0.310 e. The third kappa shape index (κ3) is 3.67. The van der Waals surface area contributed by atoms with Crippen LogP contribution in [-0.4, -0.2) is 16.5 Å². The summed E-state index contributed by atoms with van der Waals surface area (Å²) >= 11 is 1.49. The lowest BCUT2D eigenvalue weighted by Gasteiger charge is -2.04. The monoisotopic (exact) mass is 293 g/mol. The molecule has 0 atom stereocenters. The Bertz CT molecular complexity index is 586. The maximum absolute atomic E-state index is 10.9. The number of ether oxygens (including phenoxy) is 1. The molecule has 0 unspecified atom stereocenters. The van der Waals surface area contributed by atoms with E-state index < -0.39 is 4.92 Å². The summed E-state index contributed by atoms with van der Waals surface area (Å²) in [4.78, 5) is 15.5. The standard InChI is InChI=1S/C13H15N3O3S/c1-2-7-14-13-15-8-10(20-13)9-19-12-6-4-3-5-11(12)16(17)18/h3-6,8H,2,7,9H2,1H3,(H,14,15). The fourth-order valence-corrected chi connectivity index (χ4v) is 2.32. The van der Waals surface area contributed by atoms with Crippen LogP contribution < -0.4 is 10.1 Å². The summed E-state index contributed by atoms with van der Waals surface area (Å²) in [5.74, 6) is 0.272. The number of para-hydroxylation sites is 2. The van der Waals surface area contributed by atoms with Gasteiger partial charge < -0.3 is 10.1 Å². The Morgan fingerprint density at radius 3 is 3.00 bits per heavy atom. The molecule has 0 fully saturated rings. The summed E-state index contributed by atoms with van der Waals surface area (Å²) in [6.45, 7) is 3.23. The van der Waals surface area contributed by atoms with Crippen LogP contribution in [0.2, 0.25) is 0 Å². The first-order chi connectivity index (χ1) is 9.70. The van der Waals surface area contributed by atoms with Crippen LogP contribution >= 0.6 is 11.3 Å². The number of nitro groups is 1. The van der Waals surface area contributed by atoms with Crippen molar-refractivity contribution in [3.05, 3.63) is 45.5 Å².